The first kappa shape index (κ1) is 55.7. The van der Waals surface area contributed by atoms with Crippen molar-refractivity contribution < 1.29 is 57.2 Å². The molecular formula is C52H76N2O13Si. The lowest BCUT2D eigenvalue weighted by atomic mass is 9.82. The van der Waals surface area contributed by atoms with E-state index in [9.17, 15) is 24.5 Å². The molecule has 0 bridgehead atoms. The first-order chi connectivity index (χ1) is 32.4. The molecule has 4 rings (SSSR count). The molecule has 11 atom stereocenters. The van der Waals surface area contributed by atoms with Crippen molar-refractivity contribution in [2.75, 3.05) is 11.9 Å². The Morgan fingerprint density at radius 3 is 2.29 bits per heavy atom. The van der Waals surface area contributed by atoms with Crippen molar-refractivity contribution in [3.8, 4) is 5.75 Å². The highest BCUT2D eigenvalue weighted by Gasteiger charge is 2.47. The first-order valence-corrected chi connectivity index (χ1v) is 26.9. The van der Waals surface area contributed by atoms with Crippen LogP contribution in [-0.4, -0.2) is 80.3 Å². The Morgan fingerprint density at radius 1 is 1.00 bits per heavy atom. The summed E-state index contributed by atoms with van der Waals surface area (Å²) in [5, 5.41) is 14.0. The number of non-ortho nitro benzene ring substituents is 1. The summed E-state index contributed by atoms with van der Waals surface area (Å²) in [6.07, 6.45) is 8.95. The Balaban J connectivity index is 1.57. The Bertz CT molecular complexity index is 2000. The molecule has 1 saturated heterocycles. The number of epoxide rings is 1. The minimum Gasteiger partial charge on any atom is -0.457 e. The van der Waals surface area contributed by atoms with Crippen molar-refractivity contribution in [2.24, 2.45) is 23.7 Å². The van der Waals surface area contributed by atoms with Crippen LogP contribution in [0, 0.1) is 33.8 Å². The molecule has 2 aromatic carbocycles. The topological polar surface area (TPSA) is 184 Å². The molecule has 0 radical (unpaired) electrons. The van der Waals surface area contributed by atoms with Gasteiger partial charge in [0, 0.05) is 36.3 Å². The van der Waals surface area contributed by atoms with E-state index in [0.717, 1.165) is 30.1 Å². The van der Waals surface area contributed by atoms with Gasteiger partial charge in [-0.1, -0.05) is 97.0 Å². The molecule has 376 valence electrons. The zero-order valence-corrected chi connectivity index (χ0v) is 43.0. The van der Waals surface area contributed by atoms with Gasteiger partial charge in [-0.05, 0) is 107 Å². The van der Waals surface area contributed by atoms with Gasteiger partial charge >= 0.3 is 18.0 Å². The van der Waals surface area contributed by atoms with Gasteiger partial charge in [-0.2, -0.15) is 0 Å². The molecule has 1 amide bonds. The quantitative estimate of drug-likeness (QED) is 0.0128. The molecule has 2 aliphatic rings. The Labute approximate surface area is 404 Å². The first-order valence-electron chi connectivity index (χ1n) is 24.4. The van der Waals surface area contributed by atoms with Crippen LogP contribution < -0.4 is 10.2 Å². The molecule has 2 aromatic rings. The van der Waals surface area contributed by atoms with Crippen LogP contribution in [0.1, 0.15) is 108 Å². The fraction of sp³-hybridized carbons (Fsp3) is 0.596. The fourth-order valence-electron chi connectivity index (χ4n) is 8.94. The fourth-order valence-corrected chi connectivity index (χ4v) is 11.8. The number of allylic oxidation sites excluding steroid dienone is 3. The number of rotatable bonds is 23. The molecule has 2 aliphatic heterocycles. The number of anilines is 1. The third-order valence-corrected chi connectivity index (χ3v) is 18.0. The van der Waals surface area contributed by atoms with Crippen LogP contribution in [0.15, 0.2) is 90.6 Å². The average Bonchev–Trinajstić information content (AvgIpc) is 4.08. The summed E-state index contributed by atoms with van der Waals surface area (Å²) in [6.45, 7) is 22.2. The second-order valence-electron chi connectivity index (χ2n) is 18.4. The SMILES string of the molecule is CCOC(C)OC1(C)CCC(O[Si](CC)(CC)CC)CC(=O)OC(C(C)=CC=CC(C)CC2OC2C(C)C(CC)OC(=O)Nc2ccccc2)C(C)C=CC1C(=O)OOc1ccc([N+](=O)[O-])cc1. The van der Waals surface area contributed by atoms with Crippen LogP contribution in [0.2, 0.25) is 18.1 Å². The molecule has 11 unspecified atom stereocenters. The highest BCUT2D eigenvalue weighted by Crippen LogP contribution is 2.39. The molecule has 1 N–H and O–H groups in total. The summed E-state index contributed by atoms with van der Waals surface area (Å²) in [5.41, 5.74) is 0.0952. The van der Waals surface area contributed by atoms with E-state index < -0.39 is 61.2 Å². The summed E-state index contributed by atoms with van der Waals surface area (Å²) < 4.78 is 37.7. The number of para-hydroxylation sites is 1. The van der Waals surface area contributed by atoms with Gasteiger partial charge in [-0.15, -0.1) is 0 Å². The molecule has 0 spiro atoms. The number of amides is 1. The molecule has 1 fully saturated rings. The number of benzene rings is 2. The van der Waals surface area contributed by atoms with Crippen LogP contribution in [0.4, 0.5) is 16.2 Å². The number of nitro groups is 1. The van der Waals surface area contributed by atoms with Crippen LogP contribution in [-0.2, 0) is 42.6 Å². The van der Waals surface area contributed by atoms with Gasteiger partial charge in [0.15, 0.2) is 20.4 Å². The maximum absolute atomic E-state index is 14.2. The van der Waals surface area contributed by atoms with E-state index in [1.165, 1.54) is 24.3 Å². The van der Waals surface area contributed by atoms with E-state index in [4.69, 9.17) is 37.9 Å². The normalized spacial score (nSPS) is 25.5. The predicted molar refractivity (Wildman–Crippen MR) is 263 cm³/mol. The summed E-state index contributed by atoms with van der Waals surface area (Å²) in [6, 6.07) is 17.0. The highest BCUT2D eigenvalue weighted by molar-refractivity contribution is 6.73. The van der Waals surface area contributed by atoms with Crippen molar-refractivity contribution in [3.63, 3.8) is 0 Å². The van der Waals surface area contributed by atoms with Crippen molar-refractivity contribution in [1.82, 2.24) is 0 Å². The van der Waals surface area contributed by atoms with Crippen LogP contribution in [0.25, 0.3) is 0 Å². The van der Waals surface area contributed by atoms with E-state index in [2.05, 4.69) is 46.0 Å². The summed E-state index contributed by atoms with van der Waals surface area (Å²) in [5.74, 6) is -2.34. The maximum atomic E-state index is 14.2. The van der Waals surface area contributed by atoms with Gasteiger partial charge in [0.2, 0.25) is 0 Å². The minimum atomic E-state index is -2.24. The summed E-state index contributed by atoms with van der Waals surface area (Å²) in [4.78, 5) is 62.5. The standard InChI is InChI=1S/C52H76N2O13Si/c1-12-45(62-51(57)53-40-23-18-17-19-24-40)38(9)49-46(61-49)33-35(6)21-20-22-36(7)48-37(8)25-30-44(50(56)66-65-42-28-26-41(27-29-42)54(58)59)52(11,64-39(10)60-13-2)32-31-43(34-47(55)63-48)67-68(14-3,15-4)16-5/h17-30,35,37-39,43-46,48-49H,12-16,31-34H2,1-11H3,(H,53,57). The van der Waals surface area contributed by atoms with E-state index in [0.29, 0.717) is 25.1 Å². The zero-order chi connectivity index (χ0) is 50.0. The third-order valence-electron chi connectivity index (χ3n) is 13.3. The second kappa shape index (κ2) is 26.8. The molecule has 16 heteroatoms. The molecule has 0 aromatic heterocycles. The monoisotopic (exact) mass is 965 g/mol. The maximum Gasteiger partial charge on any atom is 0.411 e. The lowest BCUT2D eigenvalue weighted by Gasteiger charge is -2.39. The number of nitrogens with one attached hydrogen (secondary N) is 1. The lowest BCUT2D eigenvalue weighted by Crippen LogP contribution is -2.47. The van der Waals surface area contributed by atoms with Gasteiger partial charge in [-0.25, -0.2) is 14.5 Å². The van der Waals surface area contributed by atoms with Gasteiger partial charge in [-0.3, -0.25) is 25.1 Å². The van der Waals surface area contributed by atoms with E-state index in [1.807, 2.05) is 83.2 Å². The molecule has 15 nitrogen and oxygen atoms in total. The van der Waals surface area contributed by atoms with Crippen LogP contribution in [0.5, 0.6) is 5.75 Å². The highest BCUT2D eigenvalue weighted by atomic mass is 28.4. The van der Waals surface area contributed by atoms with Gasteiger partial charge in [0.25, 0.3) is 5.69 Å². The lowest BCUT2D eigenvalue weighted by molar-refractivity contribution is -0.384. The number of cyclic esters (lactones) is 1. The van der Waals surface area contributed by atoms with E-state index >= 15 is 0 Å². The predicted octanol–water partition coefficient (Wildman–Crippen LogP) is 11.8. The minimum absolute atomic E-state index is 0.00591. The molecule has 0 aliphatic carbocycles. The number of hydrogen-bond acceptors (Lipinski definition) is 13. The number of carbonyl (C=O) groups is 3. The van der Waals surface area contributed by atoms with E-state index in [-0.39, 0.29) is 60.4 Å². The average molecular weight is 965 g/mol. The van der Waals surface area contributed by atoms with Crippen molar-refractivity contribution in [3.05, 3.63) is 101 Å². The van der Waals surface area contributed by atoms with Crippen molar-refractivity contribution in [2.45, 2.75) is 169 Å². The Morgan fingerprint density at radius 2 is 1.68 bits per heavy atom. The largest absolute Gasteiger partial charge is 0.457 e. The summed E-state index contributed by atoms with van der Waals surface area (Å²) >= 11 is 0. The van der Waals surface area contributed by atoms with Crippen molar-refractivity contribution in [1.29, 1.82) is 0 Å². The van der Waals surface area contributed by atoms with Gasteiger partial charge < -0.3 is 28.1 Å². The smallest absolute Gasteiger partial charge is 0.411 e. The number of ether oxygens (including phenoxy) is 5. The van der Waals surface area contributed by atoms with Crippen molar-refractivity contribution >= 4 is 37.7 Å². The number of nitro benzene ring substituents is 1. The Hall–Kier alpha value is -4.87. The van der Waals surface area contributed by atoms with Gasteiger partial charge in [0.05, 0.1) is 35.3 Å². The molecule has 2 heterocycles. The van der Waals surface area contributed by atoms with Crippen LogP contribution >= 0.6 is 0 Å². The van der Waals surface area contributed by atoms with Gasteiger partial charge in [0.1, 0.15) is 18.1 Å². The number of carbonyl (C=O) groups excluding carboxylic acids is 3. The summed E-state index contributed by atoms with van der Waals surface area (Å²) in [7, 11) is -2.24. The zero-order valence-electron chi connectivity index (χ0n) is 42.0. The molecule has 68 heavy (non-hydrogen) atoms. The van der Waals surface area contributed by atoms with E-state index in [1.54, 1.807) is 13.0 Å². The third kappa shape index (κ3) is 16.7. The molecular weight excluding hydrogens is 889 g/mol. The number of nitrogens with zero attached hydrogens (tertiary/aromatic N) is 1. The number of esters is 1. The molecule has 0 saturated carbocycles. The Kier molecular flexibility index (Phi) is 21.9. The van der Waals surface area contributed by atoms with Crippen LogP contribution in [0.3, 0.4) is 0 Å². The number of hydrogen-bond donors (Lipinski definition) is 1. The second-order valence-corrected chi connectivity index (χ2v) is 23.1.